The van der Waals surface area contributed by atoms with Crippen LogP contribution in [0.25, 0.3) is 10.1 Å². The minimum atomic E-state index is -0.634. The molecule has 0 saturated heterocycles. The third-order valence-corrected chi connectivity index (χ3v) is 4.52. The van der Waals surface area contributed by atoms with Crippen molar-refractivity contribution >= 4 is 27.3 Å². The molecule has 2 unspecified atom stereocenters. The maximum Gasteiger partial charge on any atom is 0.222 e. The number of carbonyl (C=O) groups excluding carboxylic acids is 1. The highest BCUT2D eigenvalue weighted by molar-refractivity contribution is 7.19. The monoisotopic (exact) mass is 277 g/mol. The molecule has 2 N–H and O–H groups in total. The van der Waals surface area contributed by atoms with Crippen molar-refractivity contribution in [3.63, 3.8) is 0 Å². The fourth-order valence-electron chi connectivity index (χ4n) is 1.82. The van der Waals surface area contributed by atoms with Crippen LogP contribution < -0.4 is 5.32 Å². The Morgan fingerprint density at radius 1 is 1.42 bits per heavy atom. The van der Waals surface area contributed by atoms with Crippen molar-refractivity contribution in [2.75, 3.05) is 6.54 Å². The topological polar surface area (TPSA) is 49.3 Å². The normalized spacial score (nSPS) is 14.3. The summed E-state index contributed by atoms with van der Waals surface area (Å²) in [7, 11) is 0. The van der Waals surface area contributed by atoms with E-state index < -0.39 is 6.10 Å². The summed E-state index contributed by atoms with van der Waals surface area (Å²) in [5.41, 5.74) is 0. The Labute approximate surface area is 117 Å². The summed E-state index contributed by atoms with van der Waals surface area (Å²) in [6.07, 6.45) is 0.176. The molecule has 0 aliphatic carbocycles. The molecule has 1 heterocycles. The smallest absolute Gasteiger partial charge is 0.222 e. The zero-order chi connectivity index (χ0) is 13.8. The fraction of sp³-hybridized carbons (Fsp3) is 0.400. The third-order valence-electron chi connectivity index (χ3n) is 3.30. The van der Waals surface area contributed by atoms with E-state index in [4.69, 9.17) is 0 Å². The lowest BCUT2D eigenvalue weighted by Gasteiger charge is -2.13. The summed E-state index contributed by atoms with van der Waals surface area (Å²) in [4.78, 5) is 12.6. The third kappa shape index (κ3) is 3.33. The van der Waals surface area contributed by atoms with Crippen molar-refractivity contribution in [1.29, 1.82) is 0 Å². The number of benzene rings is 1. The number of aliphatic hydroxyl groups excluding tert-OH is 1. The Morgan fingerprint density at radius 3 is 2.84 bits per heavy atom. The first-order valence-electron chi connectivity index (χ1n) is 6.56. The van der Waals surface area contributed by atoms with Crippen molar-refractivity contribution < 1.29 is 9.90 Å². The van der Waals surface area contributed by atoms with Crippen molar-refractivity contribution in [2.24, 2.45) is 5.92 Å². The van der Waals surface area contributed by atoms with Gasteiger partial charge in [-0.1, -0.05) is 32.0 Å². The second-order valence-corrected chi connectivity index (χ2v) is 5.87. The Bertz CT molecular complexity index is 531. The highest BCUT2D eigenvalue weighted by atomic mass is 32.1. The minimum Gasteiger partial charge on any atom is -0.386 e. The summed E-state index contributed by atoms with van der Waals surface area (Å²) in [6.45, 7) is 4.14. The molecule has 3 nitrogen and oxygen atoms in total. The maximum absolute atomic E-state index is 11.7. The van der Waals surface area contributed by atoms with Gasteiger partial charge >= 0.3 is 0 Å². The van der Waals surface area contributed by atoms with Gasteiger partial charge in [-0.15, -0.1) is 11.3 Å². The van der Waals surface area contributed by atoms with Crippen molar-refractivity contribution in [3.05, 3.63) is 35.2 Å². The van der Waals surface area contributed by atoms with Gasteiger partial charge < -0.3 is 10.4 Å². The van der Waals surface area contributed by atoms with Gasteiger partial charge in [0.2, 0.25) is 5.91 Å². The quantitative estimate of drug-likeness (QED) is 0.882. The van der Waals surface area contributed by atoms with Crippen LogP contribution >= 0.6 is 11.3 Å². The number of hydrogen-bond acceptors (Lipinski definition) is 3. The number of thiophene rings is 1. The molecular weight excluding hydrogens is 258 g/mol. The Kier molecular flexibility index (Phi) is 4.56. The summed E-state index contributed by atoms with van der Waals surface area (Å²) < 4.78 is 1.16. The molecular formula is C15H19NO2S. The molecule has 2 atom stereocenters. The average Bonchev–Trinajstić information content (AvgIpc) is 2.87. The van der Waals surface area contributed by atoms with E-state index >= 15 is 0 Å². The summed E-state index contributed by atoms with van der Waals surface area (Å²) in [5.74, 6) is -0.00253. The van der Waals surface area contributed by atoms with E-state index in [-0.39, 0.29) is 18.4 Å². The SMILES string of the molecule is CCC(C)C(=O)NCC(O)c1cc2ccccc2s1. The van der Waals surface area contributed by atoms with Crippen LogP contribution in [0.4, 0.5) is 0 Å². The van der Waals surface area contributed by atoms with Crippen LogP contribution in [0.15, 0.2) is 30.3 Å². The maximum atomic E-state index is 11.7. The number of rotatable bonds is 5. The van der Waals surface area contributed by atoms with Crippen LogP contribution in [0.1, 0.15) is 31.2 Å². The van der Waals surface area contributed by atoms with Gasteiger partial charge in [0.05, 0.1) is 0 Å². The number of carbonyl (C=O) groups is 1. The van der Waals surface area contributed by atoms with Crippen LogP contribution in [-0.4, -0.2) is 17.6 Å². The lowest BCUT2D eigenvalue weighted by Crippen LogP contribution is -2.32. The number of amides is 1. The Balaban J connectivity index is 2.00. The standard InChI is InChI=1S/C15H19NO2S/c1-3-10(2)15(18)16-9-12(17)14-8-11-6-4-5-7-13(11)19-14/h4-8,10,12,17H,3,9H2,1-2H3,(H,16,18). The van der Waals surface area contributed by atoms with E-state index in [1.54, 1.807) is 11.3 Å². The lowest BCUT2D eigenvalue weighted by molar-refractivity contribution is -0.125. The minimum absolute atomic E-state index is 0.00246. The zero-order valence-corrected chi connectivity index (χ0v) is 12.0. The molecule has 0 bridgehead atoms. The summed E-state index contributed by atoms with van der Waals surface area (Å²) >= 11 is 1.57. The molecule has 0 spiro atoms. The van der Waals surface area contributed by atoms with Gasteiger partial charge in [-0.3, -0.25) is 4.79 Å². The van der Waals surface area contributed by atoms with E-state index in [0.29, 0.717) is 0 Å². The molecule has 0 saturated carbocycles. The van der Waals surface area contributed by atoms with Crippen LogP contribution in [0.5, 0.6) is 0 Å². The predicted octanol–water partition coefficient (Wildman–Crippen LogP) is 3.10. The second-order valence-electron chi connectivity index (χ2n) is 4.76. The highest BCUT2D eigenvalue weighted by Crippen LogP contribution is 2.29. The Morgan fingerprint density at radius 2 is 2.16 bits per heavy atom. The van der Waals surface area contributed by atoms with Crippen molar-refractivity contribution in [3.8, 4) is 0 Å². The molecule has 0 aliphatic rings. The number of aliphatic hydroxyl groups is 1. The van der Waals surface area contributed by atoms with Gasteiger partial charge in [0.15, 0.2) is 0 Å². The number of fused-ring (bicyclic) bond motifs is 1. The first kappa shape index (κ1) is 14.0. The summed E-state index contributed by atoms with van der Waals surface area (Å²) in [5, 5.41) is 14.0. The van der Waals surface area contributed by atoms with Crippen molar-refractivity contribution in [1.82, 2.24) is 5.32 Å². The number of hydrogen-bond donors (Lipinski definition) is 2. The van der Waals surface area contributed by atoms with Crippen LogP contribution in [-0.2, 0) is 4.79 Å². The van der Waals surface area contributed by atoms with Gasteiger partial charge in [0, 0.05) is 22.0 Å². The molecule has 2 rings (SSSR count). The largest absolute Gasteiger partial charge is 0.386 e. The first-order chi connectivity index (χ1) is 9.11. The Hall–Kier alpha value is -1.39. The van der Waals surface area contributed by atoms with Crippen LogP contribution in [0.2, 0.25) is 0 Å². The van der Waals surface area contributed by atoms with Gasteiger partial charge in [-0.25, -0.2) is 0 Å². The van der Waals surface area contributed by atoms with Crippen LogP contribution in [0, 0.1) is 5.92 Å². The molecule has 0 aliphatic heterocycles. The molecule has 0 radical (unpaired) electrons. The van der Waals surface area contributed by atoms with Gasteiger partial charge in [0.1, 0.15) is 6.10 Å². The molecule has 1 aromatic heterocycles. The summed E-state index contributed by atoms with van der Waals surface area (Å²) in [6, 6.07) is 10.0. The lowest BCUT2D eigenvalue weighted by atomic mass is 10.1. The fourth-order valence-corrected chi connectivity index (χ4v) is 2.87. The first-order valence-corrected chi connectivity index (χ1v) is 7.37. The van der Waals surface area contributed by atoms with E-state index in [1.165, 1.54) is 0 Å². The predicted molar refractivity (Wildman–Crippen MR) is 79.2 cm³/mol. The van der Waals surface area contributed by atoms with Gasteiger partial charge in [-0.05, 0) is 23.9 Å². The molecule has 1 aromatic carbocycles. The molecule has 0 fully saturated rings. The van der Waals surface area contributed by atoms with E-state index in [2.05, 4.69) is 5.32 Å². The van der Waals surface area contributed by atoms with Gasteiger partial charge in [-0.2, -0.15) is 0 Å². The molecule has 4 heteroatoms. The molecule has 102 valence electrons. The molecule has 1 amide bonds. The van der Waals surface area contributed by atoms with Crippen LogP contribution in [0.3, 0.4) is 0 Å². The van der Waals surface area contributed by atoms with Gasteiger partial charge in [0.25, 0.3) is 0 Å². The van der Waals surface area contributed by atoms with E-state index in [1.807, 2.05) is 44.2 Å². The zero-order valence-electron chi connectivity index (χ0n) is 11.2. The number of nitrogens with one attached hydrogen (secondary N) is 1. The molecule has 2 aromatic rings. The van der Waals surface area contributed by atoms with E-state index in [9.17, 15) is 9.90 Å². The second kappa shape index (κ2) is 6.17. The highest BCUT2D eigenvalue weighted by Gasteiger charge is 2.15. The average molecular weight is 277 g/mol. The van der Waals surface area contributed by atoms with E-state index in [0.717, 1.165) is 21.4 Å². The molecule has 19 heavy (non-hydrogen) atoms. The van der Waals surface area contributed by atoms with Crippen molar-refractivity contribution in [2.45, 2.75) is 26.4 Å².